The van der Waals surface area contributed by atoms with Gasteiger partial charge in [0.25, 0.3) is 0 Å². The minimum atomic E-state index is 0.0416. The molecule has 2 fully saturated rings. The van der Waals surface area contributed by atoms with E-state index >= 15 is 0 Å². The molecule has 2 saturated heterocycles. The van der Waals surface area contributed by atoms with Crippen molar-refractivity contribution in [3.8, 4) is 0 Å². The van der Waals surface area contributed by atoms with Crippen LogP contribution in [0, 0.1) is 17.8 Å². The Morgan fingerprint density at radius 2 is 2.18 bits per heavy atom. The predicted octanol–water partition coefficient (Wildman–Crippen LogP) is 3.15. The molecule has 3 atom stereocenters. The number of carbonyl (C=O) groups is 1. The monoisotopic (exact) mass is 256 g/mol. The molecule has 1 spiro atoms. The van der Waals surface area contributed by atoms with Gasteiger partial charge in [0.15, 0.2) is 0 Å². The molecule has 0 aromatic rings. The van der Waals surface area contributed by atoms with Gasteiger partial charge in [-0.15, -0.1) is 0 Å². The maximum Gasteiger partial charge on any atom is 0.139 e. The van der Waals surface area contributed by atoms with Gasteiger partial charge in [-0.3, -0.25) is 4.79 Å². The molecule has 0 aromatic carbocycles. The summed E-state index contributed by atoms with van der Waals surface area (Å²) in [6.07, 6.45) is 3.04. The van der Waals surface area contributed by atoms with Crippen LogP contribution >= 0.6 is 11.8 Å². The Labute approximate surface area is 109 Å². The molecule has 98 valence electrons. The number of rotatable bonds is 3. The molecule has 2 heterocycles. The maximum absolute atomic E-state index is 12.4. The van der Waals surface area contributed by atoms with Crippen molar-refractivity contribution in [2.75, 3.05) is 18.1 Å². The molecule has 0 aliphatic carbocycles. The summed E-state index contributed by atoms with van der Waals surface area (Å²) in [7, 11) is 0. The molecule has 2 nitrogen and oxygen atoms in total. The van der Waals surface area contributed by atoms with E-state index in [0.29, 0.717) is 11.7 Å². The van der Waals surface area contributed by atoms with Crippen molar-refractivity contribution < 1.29 is 9.53 Å². The molecule has 0 bridgehead atoms. The summed E-state index contributed by atoms with van der Waals surface area (Å²) >= 11 is 1.97. The molecule has 3 heteroatoms. The van der Waals surface area contributed by atoms with Gasteiger partial charge in [0.05, 0.1) is 5.60 Å². The topological polar surface area (TPSA) is 26.3 Å². The number of ketones is 1. The van der Waals surface area contributed by atoms with Crippen molar-refractivity contribution in [3.63, 3.8) is 0 Å². The van der Waals surface area contributed by atoms with Gasteiger partial charge in [-0.2, -0.15) is 11.8 Å². The molecular weight excluding hydrogens is 232 g/mol. The van der Waals surface area contributed by atoms with E-state index in [1.807, 2.05) is 11.8 Å². The van der Waals surface area contributed by atoms with E-state index < -0.39 is 0 Å². The lowest BCUT2D eigenvalue weighted by Crippen LogP contribution is -2.43. The number of thioether (sulfide) groups is 1. The van der Waals surface area contributed by atoms with Crippen LogP contribution < -0.4 is 0 Å². The van der Waals surface area contributed by atoms with E-state index in [1.165, 1.54) is 5.75 Å². The van der Waals surface area contributed by atoms with Gasteiger partial charge in [0, 0.05) is 24.2 Å². The van der Waals surface area contributed by atoms with E-state index in [0.717, 1.165) is 31.6 Å². The molecule has 3 unspecified atom stereocenters. The lowest BCUT2D eigenvalue weighted by atomic mass is 9.77. The first-order valence-electron chi connectivity index (χ1n) is 6.79. The number of carbonyl (C=O) groups excluding carboxylic acids is 1. The number of ether oxygens (including phenoxy) is 1. The summed E-state index contributed by atoms with van der Waals surface area (Å²) < 4.78 is 5.97. The molecule has 0 radical (unpaired) electrons. The van der Waals surface area contributed by atoms with Crippen LogP contribution in [0.25, 0.3) is 0 Å². The summed E-state index contributed by atoms with van der Waals surface area (Å²) in [5.41, 5.74) is 0.0416. The average molecular weight is 256 g/mol. The smallest absolute Gasteiger partial charge is 0.139 e. The molecule has 0 N–H and O–H groups in total. The van der Waals surface area contributed by atoms with Gasteiger partial charge in [-0.1, -0.05) is 20.8 Å². The third kappa shape index (κ3) is 2.87. The molecule has 0 amide bonds. The zero-order chi connectivity index (χ0) is 12.5. The molecule has 2 aliphatic rings. The zero-order valence-electron chi connectivity index (χ0n) is 11.2. The maximum atomic E-state index is 12.4. The molecular formula is C14H24O2S. The Morgan fingerprint density at radius 3 is 2.76 bits per heavy atom. The Kier molecular flexibility index (Phi) is 4.19. The number of hydrogen-bond acceptors (Lipinski definition) is 3. The molecule has 0 aromatic heterocycles. The zero-order valence-corrected chi connectivity index (χ0v) is 12.0. The van der Waals surface area contributed by atoms with Crippen LogP contribution in [-0.4, -0.2) is 29.5 Å². The van der Waals surface area contributed by atoms with Crippen molar-refractivity contribution in [2.24, 2.45) is 17.8 Å². The van der Waals surface area contributed by atoms with Crippen molar-refractivity contribution >= 4 is 17.5 Å². The Morgan fingerprint density at radius 1 is 1.41 bits per heavy atom. The SMILES string of the molecule is CC(C)C(C)C(=O)C1CCOC2(CCSC2)C1. The molecule has 0 saturated carbocycles. The first-order chi connectivity index (χ1) is 8.04. The summed E-state index contributed by atoms with van der Waals surface area (Å²) in [6.45, 7) is 7.15. The van der Waals surface area contributed by atoms with Crippen molar-refractivity contribution in [3.05, 3.63) is 0 Å². The second-order valence-corrected chi connectivity index (χ2v) is 7.06. The van der Waals surface area contributed by atoms with E-state index in [2.05, 4.69) is 20.8 Å². The predicted molar refractivity (Wildman–Crippen MR) is 72.4 cm³/mol. The summed E-state index contributed by atoms with van der Waals surface area (Å²) in [6, 6.07) is 0. The van der Waals surface area contributed by atoms with Gasteiger partial charge in [0.2, 0.25) is 0 Å². The van der Waals surface area contributed by atoms with Crippen molar-refractivity contribution in [1.82, 2.24) is 0 Å². The lowest BCUT2D eigenvalue weighted by Gasteiger charge is -2.38. The summed E-state index contributed by atoms with van der Waals surface area (Å²) in [5, 5.41) is 0. The van der Waals surface area contributed by atoms with Gasteiger partial charge in [0.1, 0.15) is 5.78 Å². The quantitative estimate of drug-likeness (QED) is 0.776. The fourth-order valence-electron chi connectivity index (χ4n) is 2.83. The molecule has 17 heavy (non-hydrogen) atoms. The van der Waals surface area contributed by atoms with E-state index in [1.54, 1.807) is 0 Å². The highest BCUT2D eigenvalue weighted by atomic mass is 32.2. The molecule has 2 rings (SSSR count). The normalized spacial score (nSPS) is 35.4. The Bertz CT molecular complexity index is 282. The van der Waals surface area contributed by atoms with Crippen LogP contribution in [0.15, 0.2) is 0 Å². The first-order valence-corrected chi connectivity index (χ1v) is 7.95. The minimum Gasteiger partial charge on any atom is -0.374 e. The van der Waals surface area contributed by atoms with Crippen LogP contribution in [0.5, 0.6) is 0 Å². The van der Waals surface area contributed by atoms with E-state index in [4.69, 9.17) is 4.74 Å². The Hall–Kier alpha value is -0.0200. The highest BCUT2D eigenvalue weighted by molar-refractivity contribution is 7.99. The second-order valence-electron chi connectivity index (χ2n) is 5.96. The fourth-order valence-corrected chi connectivity index (χ4v) is 4.21. The number of hydrogen-bond donors (Lipinski definition) is 0. The van der Waals surface area contributed by atoms with Gasteiger partial charge >= 0.3 is 0 Å². The summed E-state index contributed by atoms with van der Waals surface area (Å²) in [5.74, 6) is 3.66. The van der Waals surface area contributed by atoms with Crippen LogP contribution in [0.1, 0.15) is 40.0 Å². The van der Waals surface area contributed by atoms with E-state index in [9.17, 15) is 4.79 Å². The third-order valence-electron chi connectivity index (χ3n) is 4.41. The molecule has 2 aliphatic heterocycles. The average Bonchev–Trinajstić information content (AvgIpc) is 2.75. The van der Waals surface area contributed by atoms with Gasteiger partial charge < -0.3 is 4.74 Å². The van der Waals surface area contributed by atoms with Gasteiger partial charge in [-0.05, 0) is 30.9 Å². The Balaban J connectivity index is 1.99. The largest absolute Gasteiger partial charge is 0.374 e. The highest BCUT2D eigenvalue weighted by Gasteiger charge is 2.43. The van der Waals surface area contributed by atoms with Crippen molar-refractivity contribution in [2.45, 2.75) is 45.6 Å². The fraction of sp³-hybridized carbons (Fsp3) is 0.929. The van der Waals surface area contributed by atoms with Gasteiger partial charge in [-0.25, -0.2) is 0 Å². The van der Waals surface area contributed by atoms with Crippen molar-refractivity contribution in [1.29, 1.82) is 0 Å². The van der Waals surface area contributed by atoms with Crippen LogP contribution in [0.4, 0.5) is 0 Å². The van der Waals surface area contributed by atoms with Crippen LogP contribution in [0.2, 0.25) is 0 Å². The first kappa shape index (κ1) is 13.4. The van der Waals surface area contributed by atoms with E-state index in [-0.39, 0.29) is 17.4 Å². The number of Topliss-reactive ketones (excluding diaryl/α,β-unsaturated/α-hetero) is 1. The summed E-state index contributed by atoms with van der Waals surface area (Å²) in [4.78, 5) is 12.4. The van der Waals surface area contributed by atoms with Crippen LogP contribution in [-0.2, 0) is 9.53 Å². The lowest BCUT2D eigenvalue weighted by molar-refractivity contribution is -0.138. The van der Waals surface area contributed by atoms with Crippen LogP contribution in [0.3, 0.4) is 0 Å². The third-order valence-corrected chi connectivity index (χ3v) is 5.63. The minimum absolute atomic E-state index is 0.0416. The standard InChI is InChI=1S/C14H24O2S/c1-10(2)11(3)13(15)12-4-6-16-14(8-12)5-7-17-9-14/h10-12H,4-9H2,1-3H3. The second kappa shape index (κ2) is 5.31. The highest BCUT2D eigenvalue weighted by Crippen LogP contribution is 2.41.